The number of furan rings is 1. The number of anilines is 1. The third kappa shape index (κ3) is 2.22. The molecular weight excluding hydrogens is 236 g/mol. The first-order chi connectivity index (χ1) is 8.59. The third-order valence-electron chi connectivity index (χ3n) is 2.33. The molecule has 2 aromatic rings. The van der Waals surface area contributed by atoms with Gasteiger partial charge in [0.25, 0.3) is 5.91 Å². The lowest BCUT2D eigenvalue weighted by molar-refractivity contribution is 0.0660. The van der Waals surface area contributed by atoms with Crippen LogP contribution >= 0.6 is 0 Å². The minimum atomic E-state index is -1.21. The van der Waals surface area contributed by atoms with Crippen LogP contribution in [0.15, 0.2) is 40.9 Å². The minimum Gasteiger partial charge on any atom is -0.475 e. The highest BCUT2D eigenvalue weighted by Gasteiger charge is 2.19. The van der Waals surface area contributed by atoms with Crippen LogP contribution in [0.5, 0.6) is 0 Å². The third-order valence-corrected chi connectivity index (χ3v) is 2.33. The molecular formula is C12H10N2O4. The fourth-order valence-corrected chi connectivity index (χ4v) is 1.39. The molecule has 0 fully saturated rings. The van der Waals surface area contributed by atoms with E-state index in [0.29, 0.717) is 5.82 Å². The van der Waals surface area contributed by atoms with E-state index >= 15 is 0 Å². The first-order valence-corrected chi connectivity index (χ1v) is 5.12. The zero-order chi connectivity index (χ0) is 13.1. The van der Waals surface area contributed by atoms with E-state index in [2.05, 4.69) is 4.98 Å². The van der Waals surface area contributed by atoms with Crippen LogP contribution in [0, 0.1) is 0 Å². The molecule has 0 aromatic carbocycles. The smallest absolute Gasteiger partial charge is 0.371 e. The summed E-state index contributed by atoms with van der Waals surface area (Å²) in [6.07, 6.45) is 1.56. The molecule has 0 saturated heterocycles. The highest BCUT2D eigenvalue weighted by molar-refractivity contribution is 6.03. The lowest BCUT2D eigenvalue weighted by Gasteiger charge is -2.13. The second-order valence-corrected chi connectivity index (χ2v) is 3.52. The van der Waals surface area contributed by atoms with Gasteiger partial charge in [0.05, 0.1) is 0 Å². The summed E-state index contributed by atoms with van der Waals surface area (Å²) >= 11 is 0. The van der Waals surface area contributed by atoms with Gasteiger partial charge in [0, 0.05) is 13.2 Å². The molecule has 0 atom stereocenters. The minimum absolute atomic E-state index is 0.0412. The molecule has 0 radical (unpaired) electrons. The summed E-state index contributed by atoms with van der Waals surface area (Å²) in [7, 11) is 1.54. The van der Waals surface area contributed by atoms with Crippen LogP contribution in [-0.2, 0) is 0 Å². The molecule has 1 N–H and O–H groups in total. The number of nitrogens with zero attached hydrogens (tertiary/aromatic N) is 2. The van der Waals surface area contributed by atoms with Crippen molar-refractivity contribution in [1.29, 1.82) is 0 Å². The molecule has 0 aliphatic rings. The number of carboxylic acid groups (broad SMARTS) is 1. The molecule has 1 amide bonds. The topological polar surface area (TPSA) is 83.6 Å². The Morgan fingerprint density at radius 2 is 1.94 bits per heavy atom. The first-order valence-electron chi connectivity index (χ1n) is 5.12. The SMILES string of the molecule is CN(C(=O)c1ccc(C(=O)O)o1)c1ccccn1. The van der Waals surface area contributed by atoms with Gasteiger partial charge in [-0.2, -0.15) is 0 Å². The van der Waals surface area contributed by atoms with Gasteiger partial charge in [-0.05, 0) is 24.3 Å². The molecule has 2 aromatic heterocycles. The number of aromatic nitrogens is 1. The highest BCUT2D eigenvalue weighted by Crippen LogP contribution is 2.14. The van der Waals surface area contributed by atoms with Gasteiger partial charge in [-0.1, -0.05) is 6.07 Å². The molecule has 0 bridgehead atoms. The molecule has 18 heavy (non-hydrogen) atoms. The number of carboxylic acids is 1. The maximum atomic E-state index is 12.0. The van der Waals surface area contributed by atoms with E-state index in [1.54, 1.807) is 24.4 Å². The van der Waals surface area contributed by atoms with Crippen LogP contribution in [0.2, 0.25) is 0 Å². The Morgan fingerprint density at radius 3 is 2.50 bits per heavy atom. The number of pyridine rings is 1. The van der Waals surface area contributed by atoms with Gasteiger partial charge in [-0.3, -0.25) is 9.69 Å². The predicted octanol–water partition coefficient (Wildman–Crippen LogP) is 1.65. The van der Waals surface area contributed by atoms with Crippen molar-refractivity contribution in [3.63, 3.8) is 0 Å². The molecule has 92 valence electrons. The van der Waals surface area contributed by atoms with Gasteiger partial charge in [-0.25, -0.2) is 9.78 Å². The van der Waals surface area contributed by atoms with Crippen molar-refractivity contribution in [1.82, 2.24) is 4.98 Å². The van der Waals surface area contributed by atoms with E-state index < -0.39 is 11.9 Å². The molecule has 0 spiro atoms. The van der Waals surface area contributed by atoms with Gasteiger partial charge in [0.1, 0.15) is 5.82 Å². The van der Waals surface area contributed by atoms with E-state index in [9.17, 15) is 9.59 Å². The average molecular weight is 246 g/mol. The number of aromatic carboxylic acids is 1. The van der Waals surface area contributed by atoms with Crippen LogP contribution in [0.1, 0.15) is 21.1 Å². The maximum absolute atomic E-state index is 12.0. The van der Waals surface area contributed by atoms with Gasteiger partial charge in [0.2, 0.25) is 5.76 Å². The molecule has 0 unspecified atom stereocenters. The van der Waals surface area contributed by atoms with Gasteiger partial charge in [-0.15, -0.1) is 0 Å². The quantitative estimate of drug-likeness (QED) is 0.890. The zero-order valence-corrected chi connectivity index (χ0v) is 9.53. The number of rotatable bonds is 3. The van der Waals surface area contributed by atoms with Gasteiger partial charge < -0.3 is 9.52 Å². The van der Waals surface area contributed by atoms with E-state index in [1.165, 1.54) is 24.1 Å². The van der Waals surface area contributed by atoms with Gasteiger partial charge in [0.15, 0.2) is 5.76 Å². The normalized spacial score (nSPS) is 10.1. The predicted molar refractivity (Wildman–Crippen MR) is 62.6 cm³/mol. The Balaban J connectivity index is 2.23. The van der Waals surface area contributed by atoms with Crippen LogP contribution in [0.4, 0.5) is 5.82 Å². The second-order valence-electron chi connectivity index (χ2n) is 3.52. The van der Waals surface area contributed by atoms with Gasteiger partial charge >= 0.3 is 5.97 Å². The molecule has 6 nitrogen and oxygen atoms in total. The van der Waals surface area contributed by atoms with Crippen molar-refractivity contribution in [2.45, 2.75) is 0 Å². The molecule has 0 aliphatic heterocycles. The lowest BCUT2D eigenvalue weighted by Crippen LogP contribution is -2.26. The van der Waals surface area contributed by atoms with Crippen LogP contribution in [0.3, 0.4) is 0 Å². The van der Waals surface area contributed by atoms with E-state index in [-0.39, 0.29) is 11.5 Å². The van der Waals surface area contributed by atoms with Crippen molar-refractivity contribution < 1.29 is 19.1 Å². The summed E-state index contributed by atoms with van der Waals surface area (Å²) in [6, 6.07) is 7.71. The summed E-state index contributed by atoms with van der Waals surface area (Å²) < 4.78 is 4.93. The van der Waals surface area contributed by atoms with Crippen LogP contribution < -0.4 is 4.90 Å². The fraction of sp³-hybridized carbons (Fsp3) is 0.0833. The maximum Gasteiger partial charge on any atom is 0.371 e. The van der Waals surface area contributed by atoms with Crippen LogP contribution in [0.25, 0.3) is 0 Å². The molecule has 2 rings (SSSR count). The first kappa shape index (κ1) is 11.8. The molecule has 2 heterocycles. The van der Waals surface area contributed by atoms with Crippen molar-refractivity contribution in [2.24, 2.45) is 0 Å². The largest absolute Gasteiger partial charge is 0.475 e. The van der Waals surface area contributed by atoms with E-state index in [0.717, 1.165) is 0 Å². The fourth-order valence-electron chi connectivity index (χ4n) is 1.39. The second kappa shape index (κ2) is 4.70. The van der Waals surface area contributed by atoms with Crippen molar-refractivity contribution in [2.75, 3.05) is 11.9 Å². The Bertz CT molecular complexity index is 577. The molecule has 6 heteroatoms. The average Bonchev–Trinajstić information content (AvgIpc) is 2.88. The molecule has 0 aliphatic carbocycles. The van der Waals surface area contributed by atoms with E-state index in [4.69, 9.17) is 9.52 Å². The Labute approximate surface area is 102 Å². The number of amides is 1. The Morgan fingerprint density at radius 1 is 1.22 bits per heavy atom. The summed E-state index contributed by atoms with van der Waals surface area (Å²) in [5.41, 5.74) is 0. The number of hydrogen-bond acceptors (Lipinski definition) is 4. The Kier molecular flexibility index (Phi) is 3.09. The summed E-state index contributed by atoms with van der Waals surface area (Å²) in [5, 5.41) is 8.70. The number of carbonyl (C=O) groups excluding carboxylic acids is 1. The highest BCUT2D eigenvalue weighted by atomic mass is 16.4. The molecule has 0 saturated carbocycles. The summed E-state index contributed by atoms with van der Waals surface area (Å²) in [4.78, 5) is 27.9. The van der Waals surface area contributed by atoms with E-state index in [1.807, 2.05) is 0 Å². The summed E-state index contributed by atoms with van der Waals surface area (Å²) in [6.45, 7) is 0. The number of hydrogen-bond donors (Lipinski definition) is 1. The van der Waals surface area contributed by atoms with Crippen LogP contribution in [-0.4, -0.2) is 29.0 Å². The summed E-state index contributed by atoms with van der Waals surface area (Å²) in [5.74, 6) is -1.53. The lowest BCUT2D eigenvalue weighted by atomic mass is 10.3. The van der Waals surface area contributed by atoms with Crippen molar-refractivity contribution in [3.8, 4) is 0 Å². The monoisotopic (exact) mass is 246 g/mol. The zero-order valence-electron chi connectivity index (χ0n) is 9.53. The Hall–Kier alpha value is -2.63. The van der Waals surface area contributed by atoms with Crippen molar-refractivity contribution >= 4 is 17.7 Å². The van der Waals surface area contributed by atoms with Crippen molar-refractivity contribution in [3.05, 3.63) is 48.0 Å². The number of carbonyl (C=O) groups is 2. The standard InChI is InChI=1S/C12H10N2O4/c1-14(10-4-2-3-7-13-10)11(15)8-5-6-9(18-8)12(16)17/h2-7H,1H3,(H,16,17).